The van der Waals surface area contributed by atoms with Crippen molar-refractivity contribution in [1.29, 1.82) is 5.26 Å². The van der Waals surface area contributed by atoms with Crippen LogP contribution in [0.15, 0.2) is 0 Å². The molecule has 13 heavy (non-hydrogen) atoms. The summed E-state index contributed by atoms with van der Waals surface area (Å²) >= 11 is 1.01. The van der Waals surface area contributed by atoms with E-state index in [2.05, 4.69) is 4.74 Å². The summed E-state index contributed by atoms with van der Waals surface area (Å²) < 4.78 is 40.0. The summed E-state index contributed by atoms with van der Waals surface area (Å²) in [5, 5.41) is 9.92. The maximum absolute atomic E-state index is 11.8. The number of alkyl halides is 3. The fourth-order valence-electron chi connectivity index (χ4n) is 0.531. The molecular formula is C7H10F3NOS. The van der Waals surface area contributed by atoms with Gasteiger partial charge >= 0.3 is 6.18 Å². The standard InChI is InChI=1S/C7H10F3NOS/c1-6(7(8,9)10)12-3-2-4-13-5-11/h6H,2-4H2,1H3. The molecule has 0 aromatic rings. The van der Waals surface area contributed by atoms with Gasteiger partial charge in [-0.25, -0.2) is 0 Å². The second-order valence-electron chi connectivity index (χ2n) is 2.35. The molecule has 0 fully saturated rings. The third-order valence-corrected chi connectivity index (χ3v) is 1.91. The van der Waals surface area contributed by atoms with E-state index in [1.807, 2.05) is 5.40 Å². The molecule has 0 aliphatic rings. The van der Waals surface area contributed by atoms with Crippen molar-refractivity contribution in [2.24, 2.45) is 0 Å². The molecule has 1 unspecified atom stereocenters. The van der Waals surface area contributed by atoms with Crippen LogP contribution in [0.3, 0.4) is 0 Å². The number of thiocyanates is 1. The van der Waals surface area contributed by atoms with Crippen molar-refractivity contribution in [2.75, 3.05) is 12.4 Å². The highest BCUT2D eigenvalue weighted by Crippen LogP contribution is 2.22. The first-order valence-electron chi connectivity index (χ1n) is 3.67. The lowest BCUT2D eigenvalue weighted by molar-refractivity contribution is -0.213. The lowest BCUT2D eigenvalue weighted by Gasteiger charge is -2.15. The van der Waals surface area contributed by atoms with E-state index in [0.717, 1.165) is 18.7 Å². The van der Waals surface area contributed by atoms with Gasteiger partial charge in [0.1, 0.15) is 5.40 Å². The van der Waals surface area contributed by atoms with E-state index in [-0.39, 0.29) is 6.61 Å². The van der Waals surface area contributed by atoms with Gasteiger partial charge in [-0.05, 0) is 25.1 Å². The summed E-state index contributed by atoms with van der Waals surface area (Å²) in [7, 11) is 0. The zero-order valence-electron chi connectivity index (χ0n) is 7.10. The number of rotatable bonds is 5. The van der Waals surface area contributed by atoms with Crippen LogP contribution in [0.5, 0.6) is 0 Å². The Balaban J connectivity index is 3.39. The number of ether oxygens (including phenoxy) is 1. The Hall–Kier alpha value is -0.410. The summed E-state index contributed by atoms with van der Waals surface area (Å²) in [6, 6.07) is 0. The Morgan fingerprint density at radius 3 is 2.62 bits per heavy atom. The van der Waals surface area contributed by atoms with E-state index >= 15 is 0 Å². The zero-order valence-corrected chi connectivity index (χ0v) is 7.91. The van der Waals surface area contributed by atoms with Gasteiger partial charge in [-0.3, -0.25) is 0 Å². The van der Waals surface area contributed by atoms with Gasteiger partial charge in [-0.15, -0.1) is 0 Å². The number of nitriles is 1. The van der Waals surface area contributed by atoms with Crippen LogP contribution in [0.25, 0.3) is 0 Å². The van der Waals surface area contributed by atoms with Crippen molar-refractivity contribution in [3.63, 3.8) is 0 Å². The largest absolute Gasteiger partial charge is 0.414 e. The summed E-state index contributed by atoms with van der Waals surface area (Å²) in [4.78, 5) is 0. The molecule has 6 heteroatoms. The third-order valence-electron chi connectivity index (χ3n) is 1.28. The highest BCUT2D eigenvalue weighted by atomic mass is 32.2. The molecule has 1 atom stereocenters. The van der Waals surface area contributed by atoms with Gasteiger partial charge < -0.3 is 4.74 Å². The smallest absolute Gasteiger partial charge is 0.369 e. The second-order valence-corrected chi connectivity index (χ2v) is 3.23. The fraction of sp³-hybridized carbons (Fsp3) is 0.857. The Labute approximate surface area is 79.1 Å². The van der Waals surface area contributed by atoms with E-state index in [4.69, 9.17) is 5.26 Å². The van der Waals surface area contributed by atoms with Crippen molar-refractivity contribution in [2.45, 2.75) is 25.6 Å². The first-order valence-corrected chi connectivity index (χ1v) is 4.66. The molecule has 0 aromatic carbocycles. The summed E-state index contributed by atoms with van der Waals surface area (Å²) in [5.74, 6) is 0.501. The van der Waals surface area contributed by atoms with Gasteiger partial charge in [0, 0.05) is 12.4 Å². The van der Waals surface area contributed by atoms with Crippen LogP contribution in [-0.2, 0) is 4.74 Å². The van der Waals surface area contributed by atoms with Crippen molar-refractivity contribution in [3.05, 3.63) is 0 Å². The maximum Gasteiger partial charge on any atom is 0.414 e. The summed E-state index contributed by atoms with van der Waals surface area (Å²) in [6.45, 7) is 1.01. The summed E-state index contributed by atoms with van der Waals surface area (Å²) in [6.07, 6.45) is -5.55. The van der Waals surface area contributed by atoms with E-state index in [0.29, 0.717) is 12.2 Å². The normalized spacial score (nSPS) is 13.8. The van der Waals surface area contributed by atoms with Crippen molar-refractivity contribution >= 4 is 11.8 Å². The molecule has 2 nitrogen and oxygen atoms in total. The lowest BCUT2D eigenvalue weighted by Crippen LogP contribution is -2.28. The van der Waals surface area contributed by atoms with Crippen LogP contribution in [0.2, 0.25) is 0 Å². The van der Waals surface area contributed by atoms with Crippen LogP contribution in [-0.4, -0.2) is 24.6 Å². The number of hydrogen-bond donors (Lipinski definition) is 0. The predicted octanol–water partition coefficient (Wildman–Crippen LogP) is 2.56. The Kier molecular flexibility index (Phi) is 5.91. The molecule has 0 aliphatic carbocycles. The van der Waals surface area contributed by atoms with Gasteiger partial charge in [-0.1, -0.05) is 0 Å². The quantitative estimate of drug-likeness (QED) is 0.519. The predicted molar refractivity (Wildman–Crippen MR) is 44.2 cm³/mol. The van der Waals surface area contributed by atoms with Crippen LogP contribution in [0.1, 0.15) is 13.3 Å². The first-order chi connectivity index (χ1) is 5.98. The van der Waals surface area contributed by atoms with Gasteiger partial charge in [0.15, 0.2) is 6.10 Å². The molecule has 0 aliphatic heterocycles. The maximum atomic E-state index is 11.8. The van der Waals surface area contributed by atoms with E-state index in [9.17, 15) is 13.2 Å². The highest BCUT2D eigenvalue weighted by Gasteiger charge is 2.36. The molecule has 76 valence electrons. The fourth-order valence-corrected chi connectivity index (χ4v) is 0.885. The van der Waals surface area contributed by atoms with Crippen molar-refractivity contribution in [1.82, 2.24) is 0 Å². The molecule has 0 bridgehead atoms. The van der Waals surface area contributed by atoms with Crippen LogP contribution >= 0.6 is 11.8 Å². The lowest BCUT2D eigenvalue weighted by atomic mass is 10.4. The molecule has 0 spiro atoms. The molecule has 0 heterocycles. The van der Waals surface area contributed by atoms with Gasteiger partial charge in [0.2, 0.25) is 0 Å². The number of halogens is 3. The van der Waals surface area contributed by atoms with Gasteiger partial charge in [-0.2, -0.15) is 18.4 Å². The van der Waals surface area contributed by atoms with E-state index in [1.165, 1.54) is 0 Å². The molecule has 0 saturated carbocycles. The third kappa shape index (κ3) is 6.72. The molecule has 0 amide bonds. The Morgan fingerprint density at radius 1 is 1.54 bits per heavy atom. The topological polar surface area (TPSA) is 33.0 Å². The average molecular weight is 213 g/mol. The monoisotopic (exact) mass is 213 g/mol. The Morgan fingerprint density at radius 2 is 2.15 bits per heavy atom. The Bertz CT molecular complexity index is 178. The minimum absolute atomic E-state index is 0.0371. The van der Waals surface area contributed by atoms with Gasteiger partial charge in [0.05, 0.1) is 0 Å². The van der Waals surface area contributed by atoms with Gasteiger partial charge in [0.25, 0.3) is 0 Å². The summed E-state index contributed by atoms with van der Waals surface area (Å²) in [5.41, 5.74) is 0. The van der Waals surface area contributed by atoms with Crippen LogP contribution < -0.4 is 0 Å². The molecule has 0 aromatic heterocycles. The van der Waals surface area contributed by atoms with Crippen LogP contribution in [0, 0.1) is 10.7 Å². The molecule has 0 radical (unpaired) electrons. The van der Waals surface area contributed by atoms with E-state index < -0.39 is 12.3 Å². The highest BCUT2D eigenvalue weighted by molar-refractivity contribution is 8.03. The number of thioether (sulfide) groups is 1. The number of hydrogen-bond acceptors (Lipinski definition) is 3. The van der Waals surface area contributed by atoms with E-state index in [1.54, 1.807) is 0 Å². The molecule has 0 rings (SSSR count). The minimum atomic E-state index is -4.29. The van der Waals surface area contributed by atoms with Crippen LogP contribution in [0.4, 0.5) is 13.2 Å². The number of nitrogens with zero attached hydrogens (tertiary/aromatic N) is 1. The molecule has 0 N–H and O–H groups in total. The van der Waals surface area contributed by atoms with Crippen molar-refractivity contribution in [3.8, 4) is 5.40 Å². The van der Waals surface area contributed by atoms with Crippen molar-refractivity contribution < 1.29 is 17.9 Å². The second kappa shape index (κ2) is 6.11. The average Bonchev–Trinajstić information content (AvgIpc) is 2.02. The molecule has 0 saturated heterocycles. The minimum Gasteiger partial charge on any atom is -0.369 e. The zero-order chi connectivity index (χ0) is 10.3. The first kappa shape index (κ1) is 12.6. The molecular weight excluding hydrogens is 203 g/mol. The SMILES string of the molecule is CC(OCCCSC#N)C(F)(F)F.